The summed E-state index contributed by atoms with van der Waals surface area (Å²) in [5.41, 5.74) is 6.30. The summed E-state index contributed by atoms with van der Waals surface area (Å²) in [6.45, 7) is 6.65. The number of nitrogens with one attached hydrogen (secondary N) is 1. The molecule has 0 amide bonds. The van der Waals surface area contributed by atoms with Gasteiger partial charge in [-0.05, 0) is 33.9 Å². The SMILES string of the molecule is CCN1c2cc(N)cc(F)c2OC(C)(C)C1NC. The van der Waals surface area contributed by atoms with Crippen LogP contribution in [0.3, 0.4) is 0 Å². The Balaban J connectivity index is 2.59. The average Bonchev–Trinajstić information content (AvgIpc) is 2.28. The van der Waals surface area contributed by atoms with Crippen molar-refractivity contribution in [2.24, 2.45) is 0 Å². The molecule has 1 atom stereocenters. The minimum absolute atomic E-state index is 0.0313. The minimum atomic E-state index is -0.519. The Kier molecular flexibility index (Phi) is 3.11. The first kappa shape index (κ1) is 13.0. The normalized spacial score (nSPS) is 21.4. The summed E-state index contributed by atoms with van der Waals surface area (Å²) in [4.78, 5) is 2.07. The van der Waals surface area contributed by atoms with E-state index in [1.165, 1.54) is 6.07 Å². The molecule has 0 aliphatic carbocycles. The third-order valence-electron chi connectivity index (χ3n) is 3.31. The highest BCUT2D eigenvalue weighted by Gasteiger charge is 2.41. The number of nitrogens with zero attached hydrogens (tertiary/aromatic N) is 1. The van der Waals surface area contributed by atoms with E-state index in [4.69, 9.17) is 10.5 Å². The number of nitrogen functional groups attached to an aromatic ring is 1. The molecular formula is C13H20FN3O. The molecule has 0 spiro atoms. The predicted molar refractivity (Wildman–Crippen MR) is 71.4 cm³/mol. The monoisotopic (exact) mass is 253 g/mol. The molecule has 4 nitrogen and oxygen atoms in total. The van der Waals surface area contributed by atoms with Crippen LogP contribution >= 0.6 is 0 Å². The second-order valence-corrected chi connectivity index (χ2v) is 5.03. The first-order chi connectivity index (χ1) is 8.40. The van der Waals surface area contributed by atoms with Crippen LogP contribution in [0.1, 0.15) is 20.8 Å². The lowest BCUT2D eigenvalue weighted by atomic mass is 10.00. The highest BCUT2D eigenvalue weighted by Crippen LogP contribution is 2.42. The lowest BCUT2D eigenvalue weighted by Gasteiger charge is -2.47. The van der Waals surface area contributed by atoms with Gasteiger partial charge in [-0.2, -0.15) is 0 Å². The van der Waals surface area contributed by atoms with Gasteiger partial charge in [-0.25, -0.2) is 4.39 Å². The summed E-state index contributed by atoms with van der Waals surface area (Å²) in [5, 5.41) is 3.21. The Bertz CT molecular complexity index is 462. The molecule has 0 aromatic heterocycles. The summed E-state index contributed by atoms with van der Waals surface area (Å²) in [5.74, 6) is -0.131. The summed E-state index contributed by atoms with van der Waals surface area (Å²) < 4.78 is 19.8. The van der Waals surface area contributed by atoms with Crippen molar-refractivity contribution in [3.63, 3.8) is 0 Å². The number of benzene rings is 1. The van der Waals surface area contributed by atoms with Crippen LogP contribution in [0.15, 0.2) is 12.1 Å². The van der Waals surface area contributed by atoms with E-state index in [0.717, 1.165) is 6.54 Å². The molecule has 1 aromatic carbocycles. The van der Waals surface area contributed by atoms with Gasteiger partial charge in [0.25, 0.3) is 0 Å². The number of rotatable bonds is 2. The predicted octanol–water partition coefficient (Wildman–Crippen LogP) is 1.95. The summed E-state index contributed by atoms with van der Waals surface area (Å²) in [6.07, 6.45) is -0.0313. The van der Waals surface area contributed by atoms with Crippen molar-refractivity contribution < 1.29 is 9.13 Å². The number of anilines is 2. The van der Waals surface area contributed by atoms with Gasteiger partial charge in [-0.3, -0.25) is 5.32 Å². The molecule has 3 N–H and O–H groups in total. The molecule has 0 radical (unpaired) electrons. The van der Waals surface area contributed by atoms with Crippen LogP contribution in [0, 0.1) is 5.82 Å². The topological polar surface area (TPSA) is 50.5 Å². The fraction of sp³-hybridized carbons (Fsp3) is 0.538. The van der Waals surface area contributed by atoms with Gasteiger partial charge in [-0.15, -0.1) is 0 Å². The maximum atomic E-state index is 14.0. The second-order valence-electron chi connectivity index (χ2n) is 5.03. The van der Waals surface area contributed by atoms with E-state index in [0.29, 0.717) is 11.4 Å². The Labute approximate surface area is 107 Å². The highest BCUT2D eigenvalue weighted by molar-refractivity contribution is 5.67. The zero-order chi connectivity index (χ0) is 13.5. The first-order valence-corrected chi connectivity index (χ1v) is 6.12. The summed E-state index contributed by atoms with van der Waals surface area (Å²) in [7, 11) is 1.87. The van der Waals surface area contributed by atoms with Crippen LogP contribution < -0.4 is 20.7 Å². The quantitative estimate of drug-likeness (QED) is 0.791. The Hall–Kier alpha value is -1.49. The van der Waals surface area contributed by atoms with Gasteiger partial charge in [-0.1, -0.05) is 0 Å². The number of nitrogens with two attached hydrogens (primary N) is 1. The van der Waals surface area contributed by atoms with Gasteiger partial charge in [0, 0.05) is 18.3 Å². The number of fused-ring (bicyclic) bond motifs is 1. The fourth-order valence-electron chi connectivity index (χ4n) is 2.60. The van der Waals surface area contributed by atoms with Crippen molar-refractivity contribution in [3.8, 4) is 5.75 Å². The van der Waals surface area contributed by atoms with E-state index in [1.807, 2.05) is 27.8 Å². The summed E-state index contributed by atoms with van der Waals surface area (Å²) in [6, 6.07) is 3.05. The van der Waals surface area contributed by atoms with Gasteiger partial charge < -0.3 is 15.4 Å². The lowest BCUT2D eigenvalue weighted by Crippen LogP contribution is -2.62. The van der Waals surface area contributed by atoms with Crippen LogP contribution in [-0.2, 0) is 0 Å². The van der Waals surface area contributed by atoms with Crippen LogP contribution in [-0.4, -0.2) is 25.4 Å². The Morgan fingerprint density at radius 3 is 2.72 bits per heavy atom. The Morgan fingerprint density at radius 1 is 1.50 bits per heavy atom. The first-order valence-electron chi connectivity index (χ1n) is 6.12. The van der Waals surface area contributed by atoms with Crippen LogP contribution in [0.4, 0.5) is 15.8 Å². The zero-order valence-corrected chi connectivity index (χ0v) is 11.2. The van der Waals surface area contributed by atoms with E-state index in [9.17, 15) is 4.39 Å². The molecule has 0 saturated carbocycles. The average molecular weight is 253 g/mol. The second kappa shape index (κ2) is 4.31. The standard InChI is InChI=1S/C13H20FN3O/c1-5-17-10-7-8(15)6-9(14)11(10)18-13(2,3)12(17)16-4/h6-7,12,16H,5,15H2,1-4H3. The molecule has 2 rings (SSSR count). The molecule has 18 heavy (non-hydrogen) atoms. The largest absolute Gasteiger partial charge is 0.479 e. The maximum absolute atomic E-state index is 14.0. The molecule has 1 aliphatic heterocycles. The fourth-order valence-corrected chi connectivity index (χ4v) is 2.60. The van der Waals surface area contributed by atoms with Crippen molar-refractivity contribution in [1.29, 1.82) is 0 Å². The number of hydrogen-bond acceptors (Lipinski definition) is 4. The number of ether oxygens (including phenoxy) is 1. The molecule has 0 saturated heterocycles. The van der Waals surface area contributed by atoms with Gasteiger partial charge in [0.15, 0.2) is 11.6 Å². The summed E-state index contributed by atoms with van der Waals surface area (Å²) >= 11 is 0. The molecule has 0 fully saturated rings. The molecule has 0 bridgehead atoms. The van der Waals surface area contributed by atoms with E-state index in [1.54, 1.807) is 6.07 Å². The molecule has 1 unspecified atom stereocenters. The molecule has 5 heteroatoms. The van der Waals surface area contributed by atoms with E-state index in [2.05, 4.69) is 10.2 Å². The zero-order valence-electron chi connectivity index (χ0n) is 11.2. The molecule has 1 aliphatic rings. The van der Waals surface area contributed by atoms with Crippen LogP contribution in [0.2, 0.25) is 0 Å². The van der Waals surface area contributed by atoms with Crippen LogP contribution in [0.25, 0.3) is 0 Å². The van der Waals surface area contributed by atoms with Gasteiger partial charge in [0.1, 0.15) is 11.8 Å². The van der Waals surface area contributed by atoms with Gasteiger partial charge >= 0.3 is 0 Å². The van der Waals surface area contributed by atoms with Crippen molar-refractivity contribution in [2.45, 2.75) is 32.5 Å². The van der Waals surface area contributed by atoms with E-state index in [-0.39, 0.29) is 11.9 Å². The molecular weight excluding hydrogens is 233 g/mol. The number of likely N-dealkylation sites (N-methyl/N-ethyl adjacent to an activating group) is 2. The maximum Gasteiger partial charge on any atom is 0.179 e. The number of halogens is 1. The lowest BCUT2D eigenvalue weighted by molar-refractivity contribution is 0.0491. The smallest absolute Gasteiger partial charge is 0.179 e. The van der Waals surface area contributed by atoms with Crippen molar-refractivity contribution >= 4 is 11.4 Å². The highest BCUT2D eigenvalue weighted by atomic mass is 19.1. The third kappa shape index (κ3) is 1.88. The van der Waals surface area contributed by atoms with E-state index < -0.39 is 11.4 Å². The molecule has 1 aromatic rings. The van der Waals surface area contributed by atoms with Crippen molar-refractivity contribution in [1.82, 2.24) is 5.32 Å². The Morgan fingerprint density at radius 2 is 2.17 bits per heavy atom. The van der Waals surface area contributed by atoms with Gasteiger partial charge in [0.05, 0.1) is 5.69 Å². The molecule has 100 valence electrons. The van der Waals surface area contributed by atoms with E-state index >= 15 is 0 Å². The van der Waals surface area contributed by atoms with Gasteiger partial charge in [0.2, 0.25) is 0 Å². The van der Waals surface area contributed by atoms with Crippen LogP contribution in [0.5, 0.6) is 5.75 Å². The van der Waals surface area contributed by atoms with Crippen molar-refractivity contribution in [2.75, 3.05) is 24.2 Å². The minimum Gasteiger partial charge on any atom is -0.479 e. The molecule has 1 heterocycles. The third-order valence-corrected chi connectivity index (χ3v) is 3.31. The van der Waals surface area contributed by atoms with Crippen molar-refractivity contribution in [3.05, 3.63) is 17.9 Å². The number of hydrogen-bond donors (Lipinski definition) is 2.